The first-order chi connectivity index (χ1) is 14.7. The van der Waals surface area contributed by atoms with E-state index in [0.29, 0.717) is 29.7 Å². The highest BCUT2D eigenvalue weighted by Gasteiger charge is 2.28. The molecule has 4 nitrogen and oxygen atoms in total. The third-order valence-corrected chi connectivity index (χ3v) is 6.86. The Morgan fingerprint density at radius 1 is 0.933 bits per heavy atom. The first-order valence-corrected chi connectivity index (χ1v) is 11.7. The normalized spacial score (nSPS) is 18.3. The smallest absolute Gasteiger partial charge is 0.338 e. The van der Waals surface area contributed by atoms with Crippen molar-refractivity contribution < 1.29 is 14.3 Å². The van der Waals surface area contributed by atoms with E-state index < -0.39 is 0 Å². The van der Waals surface area contributed by atoms with E-state index in [1.807, 2.05) is 12.1 Å². The molecule has 1 heterocycles. The number of aromatic nitrogens is 1. The van der Waals surface area contributed by atoms with Crippen molar-refractivity contribution in [1.29, 1.82) is 0 Å². The summed E-state index contributed by atoms with van der Waals surface area (Å²) in [6.45, 7) is 2.16. The molecule has 160 valence electrons. The molecule has 2 fully saturated rings. The zero-order chi connectivity index (χ0) is 20.9. The second kappa shape index (κ2) is 9.63. The molecule has 1 aromatic heterocycles. The van der Waals surface area contributed by atoms with Crippen LogP contribution in [0.2, 0.25) is 0 Å². The van der Waals surface area contributed by atoms with E-state index in [9.17, 15) is 10.0 Å². The van der Waals surface area contributed by atoms with E-state index in [1.54, 1.807) is 19.1 Å². The van der Waals surface area contributed by atoms with Crippen LogP contribution < -0.4 is 4.73 Å². The third-order valence-electron chi connectivity index (χ3n) is 6.86. The van der Waals surface area contributed by atoms with Crippen LogP contribution in [0.3, 0.4) is 0 Å². The summed E-state index contributed by atoms with van der Waals surface area (Å²) < 4.78 is 6.26. The molecule has 1 aromatic carbocycles. The molecule has 0 atom stereocenters. The average molecular weight is 408 g/mol. The second-order valence-electron chi connectivity index (χ2n) is 8.86. The monoisotopic (exact) mass is 407 g/mol. The third kappa shape index (κ3) is 4.53. The van der Waals surface area contributed by atoms with Crippen molar-refractivity contribution in [3.05, 3.63) is 58.4 Å². The number of rotatable bonds is 5. The Bertz CT molecular complexity index is 863. The summed E-state index contributed by atoms with van der Waals surface area (Å²) >= 11 is 0. The molecule has 0 spiro atoms. The standard InChI is InChI=1S/C26H33NO3/c1-2-30-26(28)22-15-13-21(14-16-22)25-18-23(19-9-5-3-6-10-19)17-24(27(25)29)20-11-7-4-8-12-20/h13-20H,2-12H2,1H3. The van der Waals surface area contributed by atoms with Crippen molar-refractivity contribution in [1.82, 2.24) is 0 Å². The molecule has 0 radical (unpaired) electrons. The fraction of sp³-hybridized carbons (Fsp3) is 0.538. The molecule has 0 aliphatic heterocycles. The van der Waals surface area contributed by atoms with Gasteiger partial charge in [-0.15, -0.1) is 0 Å². The largest absolute Gasteiger partial charge is 0.618 e. The zero-order valence-corrected chi connectivity index (χ0v) is 18.1. The van der Waals surface area contributed by atoms with Crippen molar-refractivity contribution >= 4 is 5.97 Å². The first-order valence-electron chi connectivity index (χ1n) is 11.7. The van der Waals surface area contributed by atoms with Gasteiger partial charge >= 0.3 is 5.97 Å². The van der Waals surface area contributed by atoms with Crippen LogP contribution in [0.25, 0.3) is 11.3 Å². The number of pyridine rings is 1. The Kier molecular flexibility index (Phi) is 6.71. The number of hydrogen-bond donors (Lipinski definition) is 0. The van der Waals surface area contributed by atoms with Gasteiger partial charge in [0, 0.05) is 23.6 Å². The number of ether oxygens (including phenoxy) is 1. The molecule has 4 heteroatoms. The van der Waals surface area contributed by atoms with Crippen molar-refractivity contribution in [2.45, 2.75) is 83.0 Å². The number of nitrogens with zero attached hydrogens (tertiary/aromatic N) is 1. The Morgan fingerprint density at radius 3 is 2.13 bits per heavy atom. The van der Waals surface area contributed by atoms with Crippen LogP contribution in [0.4, 0.5) is 0 Å². The topological polar surface area (TPSA) is 53.2 Å². The summed E-state index contributed by atoms with van der Waals surface area (Å²) in [5, 5.41) is 13.4. The Labute approximate surface area is 179 Å². The minimum atomic E-state index is -0.321. The highest BCUT2D eigenvalue weighted by atomic mass is 16.5. The maximum atomic E-state index is 13.4. The highest BCUT2D eigenvalue weighted by molar-refractivity contribution is 5.89. The van der Waals surface area contributed by atoms with Crippen molar-refractivity contribution in [3.63, 3.8) is 0 Å². The van der Waals surface area contributed by atoms with Crippen LogP contribution >= 0.6 is 0 Å². The summed E-state index contributed by atoms with van der Waals surface area (Å²) in [7, 11) is 0. The molecular formula is C26H33NO3. The van der Waals surface area contributed by atoms with Gasteiger partial charge in [-0.05, 0) is 68.4 Å². The van der Waals surface area contributed by atoms with Crippen molar-refractivity contribution in [2.75, 3.05) is 6.61 Å². The van der Waals surface area contributed by atoms with Gasteiger partial charge in [0.1, 0.15) is 0 Å². The number of carbonyl (C=O) groups excluding carboxylic acids is 1. The summed E-state index contributed by atoms with van der Waals surface area (Å²) in [6, 6.07) is 11.6. The van der Waals surface area contributed by atoms with E-state index in [-0.39, 0.29) is 5.97 Å². The summed E-state index contributed by atoms with van der Waals surface area (Å²) in [6.07, 6.45) is 12.2. The molecule has 30 heavy (non-hydrogen) atoms. The van der Waals surface area contributed by atoms with E-state index >= 15 is 0 Å². The van der Waals surface area contributed by atoms with Crippen LogP contribution in [0.5, 0.6) is 0 Å². The predicted octanol–water partition coefficient (Wildman–Crippen LogP) is 6.26. The minimum Gasteiger partial charge on any atom is -0.618 e. The van der Waals surface area contributed by atoms with Crippen molar-refractivity contribution in [2.24, 2.45) is 0 Å². The molecular weight excluding hydrogens is 374 g/mol. The molecule has 0 amide bonds. The molecule has 0 unspecified atom stereocenters. The first kappa shape index (κ1) is 20.9. The Hall–Kier alpha value is -2.36. The molecule has 2 saturated carbocycles. The van der Waals surface area contributed by atoms with Gasteiger partial charge in [0.05, 0.1) is 12.2 Å². The second-order valence-corrected chi connectivity index (χ2v) is 8.86. The van der Waals surface area contributed by atoms with E-state index in [0.717, 1.165) is 24.1 Å². The number of benzene rings is 1. The SMILES string of the molecule is CCOC(=O)c1ccc(-c2cc(C3CCCCC3)cc(C3CCCCC3)[n+]2[O-])cc1. The van der Waals surface area contributed by atoms with Crippen LogP contribution in [0.1, 0.15) is 105 Å². The van der Waals surface area contributed by atoms with Gasteiger partial charge in [0.2, 0.25) is 5.69 Å². The van der Waals surface area contributed by atoms with E-state index in [2.05, 4.69) is 12.1 Å². The molecule has 2 aliphatic rings. The molecule has 2 aliphatic carbocycles. The molecule has 0 N–H and O–H groups in total. The summed E-state index contributed by atoms with van der Waals surface area (Å²) in [4.78, 5) is 12.0. The maximum Gasteiger partial charge on any atom is 0.338 e. The van der Waals surface area contributed by atoms with E-state index in [4.69, 9.17) is 4.74 Å². The van der Waals surface area contributed by atoms with Crippen LogP contribution in [0.15, 0.2) is 36.4 Å². The summed E-state index contributed by atoms with van der Waals surface area (Å²) in [5.74, 6) is 0.593. The fourth-order valence-corrected chi connectivity index (χ4v) is 5.17. The van der Waals surface area contributed by atoms with Gasteiger partial charge in [-0.3, -0.25) is 0 Å². The van der Waals surface area contributed by atoms with Crippen molar-refractivity contribution in [3.8, 4) is 11.3 Å². The van der Waals surface area contributed by atoms with Gasteiger partial charge in [-0.1, -0.05) is 38.5 Å². The Morgan fingerprint density at radius 2 is 1.53 bits per heavy atom. The molecule has 0 saturated heterocycles. The van der Waals surface area contributed by atoms with Crippen LogP contribution in [-0.2, 0) is 4.74 Å². The van der Waals surface area contributed by atoms with E-state index in [1.165, 1.54) is 61.7 Å². The number of esters is 1. The summed E-state index contributed by atoms with van der Waals surface area (Å²) in [5.41, 5.74) is 4.38. The maximum absolute atomic E-state index is 13.4. The lowest BCUT2D eigenvalue weighted by molar-refractivity contribution is -0.604. The van der Waals surface area contributed by atoms with Gasteiger partial charge in [-0.2, -0.15) is 4.73 Å². The van der Waals surface area contributed by atoms with Gasteiger partial charge < -0.3 is 9.94 Å². The quantitative estimate of drug-likeness (QED) is 0.334. The number of hydrogen-bond acceptors (Lipinski definition) is 3. The van der Waals surface area contributed by atoms with Crippen LogP contribution in [0, 0.1) is 5.21 Å². The minimum absolute atomic E-state index is 0.321. The number of carbonyl (C=O) groups is 1. The van der Waals surface area contributed by atoms with Gasteiger partial charge in [-0.25, -0.2) is 4.79 Å². The highest BCUT2D eigenvalue weighted by Crippen LogP contribution is 2.37. The van der Waals surface area contributed by atoms with Crippen LogP contribution in [-0.4, -0.2) is 12.6 Å². The zero-order valence-electron chi connectivity index (χ0n) is 18.1. The average Bonchev–Trinajstić information content (AvgIpc) is 2.81. The Balaban J connectivity index is 1.72. The fourth-order valence-electron chi connectivity index (χ4n) is 5.17. The lowest BCUT2D eigenvalue weighted by Crippen LogP contribution is -2.37. The van der Waals surface area contributed by atoms with Gasteiger partial charge in [0.25, 0.3) is 0 Å². The molecule has 2 aromatic rings. The molecule has 0 bridgehead atoms. The lowest BCUT2D eigenvalue weighted by atomic mass is 9.81. The predicted molar refractivity (Wildman–Crippen MR) is 118 cm³/mol. The van der Waals surface area contributed by atoms with Gasteiger partial charge in [0.15, 0.2) is 5.69 Å². The lowest BCUT2D eigenvalue weighted by Gasteiger charge is -2.26. The molecule has 4 rings (SSSR count).